The molecule has 68 valence electrons. The van der Waals surface area contributed by atoms with E-state index in [1.165, 1.54) is 6.07 Å². The van der Waals surface area contributed by atoms with Crippen LogP contribution in [0.15, 0.2) is 24.5 Å². The number of fused-ring (bicyclic) bond motifs is 1. The number of halogens is 1. The number of imidazole rings is 1. The van der Waals surface area contributed by atoms with E-state index in [1.807, 2.05) is 6.92 Å². The predicted molar refractivity (Wildman–Crippen MR) is 47.8 cm³/mol. The Hall–Kier alpha value is -1.42. The first-order valence-corrected chi connectivity index (χ1v) is 4.07. The summed E-state index contributed by atoms with van der Waals surface area (Å²) in [6.45, 7) is 1.84. The Morgan fingerprint density at radius 2 is 2.38 bits per heavy atom. The zero-order valence-corrected chi connectivity index (χ0v) is 7.24. The topological polar surface area (TPSA) is 43.3 Å². The van der Waals surface area contributed by atoms with Gasteiger partial charge in [-0.1, -0.05) is 0 Å². The zero-order chi connectivity index (χ0) is 9.42. The average Bonchev–Trinajstić information content (AvgIpc) is 2.48. The Bertz CT molecular complexity index is 433. The fourth-order valence-electron chi connectivity index (χ4n) is 1.33. The van der Waals surface area contributed by atoms with Gasteiger partial charge in [-0.2, -0.15) is 0 Å². The number of aromatic nitrogens is 2. The summed E-state index contributed by atoms with van der Waals surface area (Å²) in [6.07, 6.45) is 3.35. The first-order valence-electron chi connectivity index (χ1n) is 4.07. The summed E-state index contributed by atoms with van der Waals surface area (Å²) in [7, 11) is 0. The molecule has 1 atom stereocenters. The second-order valence-electron chi connectivity index (χ2n) is 3.02. The Kier molecular flexibility index (Phi) is 1.77. The van der Waals surface area contributed by atoms with Crippen LogP contribution in [0.5, 0.6) is 0 Å². The number of pyridine rings is 1. The van der Waals surface area contributed by atoms with E-state index in [2.05, 4.69) is 4.98 Å². The lowest BCUT2D eigenvalue weighted by atomic mass is 10.3. The van der Waals surface area contributed by atoms with Crippen LogP contribution in [0.1, 0.15) is 18.7 Å². The van der Waals surface area contributed by atoms with Crippen LogP contribution in [0.4, 0.5) is 4.39 Å². The van der Waals surface area contributed by atoms with E-state index in [0.29, 0.717) is 5.65 Å². The van der Waals surface area contributed by atoms with Crippen molar-refractivity contribution in [1.29, 1.82) is 0 Å². The molecule has 2 aromatic rings. The lowest BCUT2D eigenvalue weighted by molar-refractivity contribution is 0.628. The SMILES string of the molecule is CC(N)c1cnc2c(F)cccn12. The highest BCUT2D eigenvalue weighted by Crippen LogP contribution is 2.14. The van der Waals surface area contributed by atoms with Gasteiger partial charge in [-0.25, -0.2) is 9.37 Å². The largest absolute Gasteiger partial charge is 0.323 e. The van der Waals surface area contributed by atoms with Crippen molar-refractivity contribution < 1.29 is 4.39 Å². The van der Waals surface area contributed by atoms with Crippen LogP contribution in [0.2, 0.25) is 0 Å². The zero-order valence-electron chi connectivity index (χ0n) is 7.24. The van der Waals surface area contributed by atoms with E-state index in [4.69, 9.17) is 5.73 Å². The molecule has 2 rings (SSSR count). The number of hydrogen-bond acceptors (Lipinski definition) is 2. The van der Waals surface area contributed by atoms with Crippen molar-refractivity contribution >= 4 is 5.65 Å². The summed E-state index contributed by atoms with van der Waals surface area (Å²) in [4.78, 5) is 3.95. The van der Waals surface area contributed by atoms with Gasteiger partial charge in [0.15, 0.2) is 11.5 Å². The molecule has 0 aliphatic carbocycles. The Morgan fingerprint density at radius 1 is 1.62 bits per heavy atom. The quantitative estimate of drug-likeness (QED) is 0.720. The third-order valence-electron chi connectivity index (χ3n) is 1.98. The maximum absolute atomic E-state index is 13.1. The number of nitrogens with zero attached hydrogens (tertiary/aromatic N) is 2. The molecule has 2 heterocycles. The third-order valence-corrected chi connectivity index (χ3v) is 1.98. The highest BCUT2D eigenvalue weighted by atomic mass is 19.1. The van der Waals surface area contributed by atoms with Gasteiger partial charge in [0.25, 0.3) is 0 Å². The minimum Gasteiger partial charge on any atom is -0.323 e. The first-order chi connectivity index (χ1) is 6.20. The van der Waals surface area contributed by atoms with Crippen LogP contribution in [0, 0.1) is 5.82 Å². The summed E-state index contributed by atoms with van der Waals surface area (Å²) in [5.41, 5.74) is 6.83. The lowest BCUT2D eigenvalue weighted by Crippen LogP contribution is -2.07. The van der Waals surface area contributed by atoms with Crippen LogP contribution < -0.4 is 5.73 Å². The van der Waals surface area contributed by atoms with Gasteiger partial charge in [0.2, 0.25) is 0 Å². The fourth-order valence-corrected chi connectivity index (χ4v) is 1.33. The molecule has 3 nitrogen and oxygen atoms in total. The molecule has 2 N–H and O–H groups in total. The summed E-state index contributed by atoms with van der Waals surface area (Å²) in [6, 6.07) is 2.88. The molecule has 0 aliphatic rings. The Morgan fingerprint density at radius 3 is 3.08 bits per heavy atom. The molecule has 0 aliphatic heterocycles. The van der Waals surface area contributed by atoms with Crippen LogP contribution in [0.25, 0.3) is 5.65 Å². The molecule has 0 spiro atoms. The van der Waals surface area contributed by atoms with Crippen molar-refractivity contribution in [1.82, 2.24) is 9.38 Å². The predicted octanol–water partition coefficient (Wildman–Crippen LogP) is 1.49. The number of rotatable bonds is 1. The molecule has 4 heteroatoms. The van der Waals surface area contributed by atoms with Crippen molar-refractivity contribution in [3.05, 3.63) is 36.0 Å². The molecular formula is C9H10FN3. The van der Waals surface area contributed by atoms with Gasteiger partial charge in [0.1, 0.15) is 0 Å². The summed E-state index contributed by atoms with van der Waals surface area (Å²) >= 11 is 0. The van der Waals surface area contributed by atoms with Crippen molar-refractivity contribution in [3.8, 4) is 0 Å². The average molecular weight is 179 g/mol. The molecule has 0 bridgehead atoms. The molecule has 0 aromatic carbocycles. The second kappa shape index (κ2) is 2.81. The van der Waals surface area contributed by atoms with Crippen molar-refractivity contribution in [2.24, 2.45) is 5.73 Å². The van der Waals surface area contributed by atoms with Gasteiger partial charge in [-0.3, -0.25) is 0 Å². The van der Waals surface area contributed by atoms with E-state index in [0.717, 1.165) is 5.69 Å². The van der Waals surface area contributed by atoms with E-state index < -0.39 is 0 Å². The summed E-state index contributed by atoms with van der Waals surface area (Å²) < 4.78 is 14.8. The standard InChI is InChI=1S/C9H10FN3/c1-6(11)8-5-12-9-7(10)3-2-4-13(8)9/h2-6H,11H2,1H3. The van der Waals surface area contributed by atoms with Crippen molar-refractivity contribution in [2.75, 3.05) is 0 Å². The highest BCUT2D eigenvalue weighted by Gasteiger charge is 2.09. The van der Waals surface area contributed by atoms with Gasteiger partial charge in [-0.15, -0.1) is 0 Å². The van der Waals surface area contributed by atoms with Gasteiger partial charge in [-0.05, 0) is 19.1 Å². The minimum atomic E-state index is -0.325. The third kappa shape index (κ3) is 1.19. The maximum Gasteiger partial charge on any atom is 0.173 e. The smallest absolute Gasteiger partial charge is 0.173 e. The van der Waals surface area contributed by atoms with Crippen LogP contribution >= 0.6 is 0 Å². The molecule has 13 heavy (non-hydrogen) atoms. The van der Waals surface area contributed by atoms with E-state index in [9.17, 15) is 4.39 Å². The van der Waals surface area contributed by atoms with E-state index in [-0.39, 0.29) is 11.9 Å². The molecule has 1 unspecified atom stereocenters. The molecule has 0 saturated heterocycles. The van der Waals surface area contributed by atoms with Crippen molar-refractivity contribution in [3.63, 3.8) is 0 Å². The summed E-state index contributed by atoms with van der Waals surface area (Å²) in [5.74, 6) is -0.325. The first kappa shape index (κ1) is 8.19. The monoisotopic (exact) mass is 179 g/mol. The van der Waals surface area contributed by atoms with E-state index >= 15 is 0 Å². The minimum absolute atomic E-state index is 0.142. The van der Waals surface area contributed by atoms with Gasteiger partial charge < -0.3 is 10.1 Å². The van der Waals surface area contributed by atoms with Crippen LogP contribution in [-0.2, 0) is 0 Å². The molecule has 0 saturated carbocycles. The second-order valence-corrected chi connectivity index (χ2v) is 3.02. The van der Waals surface area contributed by atoms with Crippen LogP contribution in [-0.4, -0.2) is 9.38 Å². The number of hydrogen-bond donors (Lipinski definition) is 1. The summed E-state index contributed by atoms with van der Waals surface area (Å²) in [5, 5.41) is 0. The maximum atomic E-state index is 13.1. The fraction of sp³-hybridized carbons (Fsp3) is 0.222. The molecule has 2 aromatic heterocycles. The molecule has 0 fully saturated rings. The Balaban J connectivity index is 2.75. The normalized spacial score (nSPS) is 13.5. The van der Waals surface area contributed by atoms with Crippen LogP contribution in [0.3, 0.4) is 0 Å². The molecular weight excluding hydrogens is 169 g/mol. The highest BCUT2D eigenvalue weighted by molar-refractivity contribution is 5.42. The Labute approximate surface area is 75.0 Å². The van der Waals surface area contributed by atoms with Crippen molar-refractivity contribution in [2.45, 2.75) is 13.0 Å². The molecule has 0 amide bonds. The van der Waals surface area contributed by atoms with Gasteiger partial charge >= 0.3 is 0 Å². The number of nitrogens with two attached hydrogens (primary N) is 1. The van der Waals surface area contributed by atoms with E-state index in [1.54, 1.807) is 22.9 Å². The lowest BCUT2D eigenvalue weighted by Gasteiger charge is -2.03. The van der Waals surface area contributed by atoms with Gasteiger partial charge in [0.05, 0.1) is 11.9 Å². The molecule has 0 radical (unpaired) electrons. The van der Waals surface area contributed by atoms with Gasteiger partial charge in [0, 0.05) is 12.2 Å².